The zero-order valence-electron chi connectivity index (χ0n) is 10.3. The number of rotatable bonds is 3. The molecule has 0 saturated carbocycles. The van der Waals surface area contributed by atoms with Gasteiger partial charge < -0.3 is 5.11 Å². The van der Waals surface area contributed by atoms with Crippen molar-refractivity contribution < 1.29 is 13.9 Å². The summed E-state index contributed by atoms with van der Waals surface area (Å²) >= 11 is 5.84. The van der Waals surface area contributed by atoms with Crippen LogP contribution in [0.15, 0.2) is 36.4 Å². The molecule has 0 aliphatic rings. The Hall–Kier alpha value is -1.45. The molecule has 1 nitrogen and oxygen atoms in total. The van der Waals surface area contributed by atoms with Crippen LogP contribution in [0.25, 0.3) is 0 Å². The highest BCUT2D eigenvalue weighted by molar-refractivity contribution is 6.31. The van der Waals surface area contributed by atoms with Gasteiger partial charge in [-0.2, -0.15) is 0 Å². The Balaban J connectivity index is 2.28. The molecule has 2 aromatic rings. The van der Waals surface area contributed by atoms with E-state index < -0.39 is 17.7 Å². The fraction of sp³-hybridized carbons (Fsp3) is 0.200. The van der Waals surface area contributed by atoms with E-state index in [4.69, 9.17) is 11.6 Å². The minimum absolute atomic E-state index is 0.0278. The molecule has 0 aromatic heterocycles. The highest BCUT2D eigenvalue weighted by atomic mass is 35.5. The van der Waals surface area contributed by atoms with Gasteiger partial charge in [0, 0.05) is 17.0 Å². The summed E-state index contributed by atoms with van der Waals surface area (Å²) < 4.78 is 26.2. The van der Waals surface area contributed by atoms with E-state index in [0.29, 0.717) is 6.42 Å². The lowest BCUT2D eigenvalue weighted by molar-refractivity contribution is 0.177. The second-order valence-electron chi connectivity index (χ2n) is 4.43. The van der Waals surface area contributed by atoms with Crippen LogP contribution in [0.2, 0.25) is 5.02 Å². The second-order valence-corrected chi connectivity index (χ2v) is 4.84. The lowest BCUT2D eigenvalue weighted by atomic mass is 9.98. The predicted octanol–water partition coefficient (Wildman–Crippen LogP) is 4.20. The average Bonchev–Trinajstić information content (AvgIpc) is 2.36. The summed E-state index contributed by atoms with van der Waals surface area (Å²) in [6.07, 6.45) is -0.666. The molecule has 1 atom stereocenters. The first-order valence-electron chi connectivity index (χ1n) is 5.86. The molecule has 0 fully saturated rings. The molecule has 0 radical (unpaired) electrons. The van der Waals surface area contributed by atoms with Gasteiger partial charge in [0.25, 0.3) is 0 Å². The number of benzene rings is 2. The first-order chi connectivity index (χ1) is 8.99. The summed E-state index contributed by atoms with van der Waals surface area (Å²) in [5.74, 6) is -2.03. The molecule has 1 N–H and O–H groups in total. The molecule has 0 amide bonds. The van der Waals surface area contributed by atoms with E-state index in [2.05, 4.69) is 0 Å². The highest BCUT2D eigenvalue weighted by Gasteiger charge is 2.16. The second kappa shape index (κ2) is 5.68. The monoisotopic (exact) mass is 282 g/mol. The average molecular weight is 283 g/mol. The van der Waals surface area contributed by atoms with Crippen molar-refractivity contribution in [3.05, 3.63) is 69.7 Å². The smallest absolute Gasteiger partial charge is 0.160 e. The molecule has 0 bridgehead atoms. The van der Waals surface area contributed by atoms with Gasteiger partial charge in [0.1, 0.15) is 0 Å². The Morgan fingerprint density at radius 2 is 1.79 bits per heavy atom. The zero-order valence-corrected chi connectivity index (χ0v) is 11.1. The number of halogens is 3. The van der Waals surface area contributed by atoms with Crippen LogP contribution in [0.1, 0.15) is 22.8 Å². The molecule has 1 unspecified atom stereocenters. The van der Waals surface area contributed by atoms with E-state index in [1.807, 2.05) is 31.2 Å². The van der Waals surface area contributed by atoms with Gasteiger partial charge in [-0.25, -0.2) is 8.78 Å². The summed E-state index contributed by atoms with van der Waals surface area (Å²) in [5.41, 5.74) is 2.17. The van der Waals surface area contributed by atoms with Crippen molar-refractivity contribution in [1.29, 1.82) is 0 Å². The van der Waals surface area contributed by atoms with Gasteiger partial charge in [0.2, 0.25) is 0 Å². The van der Waals surface area contributed by atoms with Crippen molar-refractivity contribution in [3.63, 3.8) is 0 Å². The van der Waals surface area contributed by atoms with Gasteiger partial charge in [-0.05, 0) is 30.2 Å². The highest BCUT2D eigenvalue weighted by Crippen LogP contribution is 2.28. The van der Waals surface area contributed by atoms with Gasteiger partial charge >= 0.3 is 0 Å². The van der Waals surface area contributed by atoms with Crippen LogP contribution in [-0.2, 0) is 6.42 Å². The van der Waals surface area contributed by atoms with Gasteiger partial charge in [-0.15, -0.1) is 0 Å². The van der Waals surface area contributed by atoms with E-state index >= 15 is 0 Å². The summed E-state index contributed by atoms with van der Waals surface area (Å²) in [6.45, 7) is 1.93. The molecule has 0 heterocycles. The van der Waals surface area contributed by atoms with Crippen LogP contribution in [0.4, 0.5) is 8.78 Å². The van der Waals surface area contributed by atoms with E-state index in [1.54, 1.807) is 0 Å². The standard InChI is InChI=1S/C15H13ClF2O/c1-9-4-2-3-5-10(9)6-15(19)11-7-13(17)14(18)8-12(11)16/h2-5,7-8,15,19H,6H2,1H3. The first kappa shape index (κ1) is 14.0. The molecule has 0 saturated heterocycles. The molecule has 19 heavy (non-hydrogen) atoms. The zero-order chi connectivity index (χ0) is 14.0. The largest absolute Gasteiger partial charge is 0.388 e. The minimum Gasteiger partial charge on any atom is -0.388 e. The van der Waals surface area contributed by atoms with Crippen molar-refractivity contribution in [2.75, 3.05) is 0 Å². The van der Waals surface area contributed by atoms with Crippen LogP contribution < -0.4 is 0 Å². The molecule has 100 valence electrons. The predicted molar refractivity (Wildman–Crippen MR) is 71.2 cm³/mol. The first-order valence-corrected chi connectivity index (χ1v) is 6.24. The summed E-state index contributed by atoms with van der Waals surface area (Å²) in [7, 11) is 0. The molecule has 0 aliphatic carbocycles. The van der Waals surface area contributed by atoms with E-state index in [9.17, 15) is 13.9 Å². The topological polar surface area (TPSA) is 20.2 Å². The van der Waals surface area contributed by atoms with Crippen LogP contribution in [0.5, 0.6) is 0 Å². The quantitative estimate of drug-likeness (QED) is 0.837. The van der Waals surface area contributed by atoms with Gasteiger partial charge in [0.15, 0.2) is 11.6 Å². The molecule has 0 aliphatic heterocycles. The van der Waals surface area contributed by atoms with E-state index in [-0.39, 0.29) is 10.6 Å². The normalized spacial score (nSPS) is 12.5. The van der Waals surface area contributed by atoms with Gasteiger partial charge in [-0.3, -0.25) is 0 Å². The molecule has 4 heteroatoms. The Bertz CT molecular complexity index is 599. The van der Waals surface area contributed by atoms with Crippen LogP contribution in [0.3, 0.4) is 0 Å². The molecular weight excluding hydrogens is 270 g/mol. The number of hydrogen-bond acceptors (Lipinski definition) is 1. The fourth-order valence-electron chi connectivity index (χ4n) is 1.95. The third kappa shape index (κ3) is 3.11. The van der Waals surface area contributed by atoms with Gasteiger partial charge in [-0.1, -0.05) is 35.9 Å². The maximum absolute atomic E-state index is 13.2. The third-order valence-electron chi connectivity index (χ3n) is 3.07. The number of aryl methyl sites for hydroxylation is 1. The van der Waals surface area contributed by atoms with E-state index in [1.165, 1.54) is 0 Å². The Morgan fingerprint density at radius 1 is 1.16 bits per heavy atom. The fourth-order valence-corrected chi connectivity index (χ4v) is 2.23. The Kier molecular flexibility index (Phi) is 4.17. The summed E-state index contributed by atoms with van der Waals surface area (Å²) in [4.78, 5) is 0. The van der Waals surface area contributed by atoms with Crippen molar-refractivity contribution >= 4 is 11.6 Å². The van der Waals surface area contributed by atoms with Crippen molar-refractivity contribution in [3.8, 4) is 0 Å². The lowest BCUT2D eigenvalue weighted by Gasteiger charge is -2.14. The Morgan fingerprint density at radius 3 is 2.47 bits per heavy atom. The van der Waals surface area contributed by atoms with Crippen LogP contribution in [-0.4, -0.2) is 5.11 Å². The Labute approximate surface area is 115 Å². The number of hydrogen-bond donors (Lipinski definition) is 1. The third-order valence-corrected chi connectivity index (χ3v) is 3.40. The SMILES string of the molecule is Cc1ccccc1CC(O)c1cc(F)c(F)cc1Cl. The lowest BCUT2D eigenvalue weighted by Crippen LogP contribution is -2.05. The van der Waals surface area contributed by atoms with Crippen LogP contribution >= 0.6 is 11.6 Å². The molecule has 2 rings (SSSR count). The summed E-state index contributed by atoms with van der Waals surface area (Å²) in [5, 5.41) is 10.1. The maximum Gasteiger partial charge on any atom is 0.160 e. The number of aliphatic hydroxyl groups excluding tert-OH is 1. The van der Waals surface area contributed by atoms with E-state index in [0.717, 1.165) is 23.3 Å². The minimum atomic E-state index is -1.02. The maximum atomic E-state index is 13.2. The van der Waals surface area contributed by atoms with Gasteiger partial charge in [0.05, 0.1) is 6.10 Å². The van der Waals surface area contributed by atoms with Crippen molar-refractivity contribution in [2.45, 2.75) is 19.4 Å². The molecular formula is C15H13ClF2O. The molecule has 0 spiro atoms. The summed E-state index contributed by atoms with van der Waals surface area (Å²) in [6, 6.07) is 9.40. The van der Waals surface area contributed by atoms with Crippen molar-refractivity contribution in [1.82, 2.24) is 0 Å². The molecule has 2 aromatic carbocycles. The van der Waals surface area contributed by atoms with Crippen molar-refractivity contribution in [2.24, 2.45) is 0 Å². The number of aliphatic hydroxyl groups is 1. The van der Waals surface area contributed by atoms with Crippen LogP contribution in [0, 0.1) is 18.6 Å².